The first kappa shape index (κ1) is 25.1. The minimum atomic E-state index is -0.478. The summed E-state index contributed by atoms with van der Waals surface area (Å²) in [5.41, 5.74) is 2.27. The number of nitrogens with zero attached hydrogens (tertiary/aromatic N) is 6. The fourth-order valence-electron chi connectivity index (χ4n) is 2.83. The summed E-state index contributed by atoms with van der Waals surface area (Å²) in [5, 5.41) is 20.0. The number of non-ortho nitro benzene ring substituents is 1. The normalized spacial score (nSPS) is 11.6. The smallest absolute Gasteiger partial charge is 0.272 e. The number of fused-ring (bicyclic) bond motifs is 1. The molecule has 8 nitrogen and oxygen atoms in total. The Bertz CT molecular complexity index is 1080. The Morgan fingerprint density at radius 3 is 2.45 bits per heavy atom. The fourth-order valence-corrected chi connectivity index (χ4v) is 3.99. The van der Waals surface area contributed by atoms with Gasteiger partial charge in [-0.25, -0.2) is 4.98 Å². The Balaban J connectivity index is 0.00000341. The highest BCUT2D eigenvalue weighted by atomic mass is 79.9. The second-order valence-corrected chi connectivity index (χ2v) is 9.25. The third kappa shape index (κ3) is 6.67. The van der Waals surface area contributed by atoms with Crippen LogP contribution in [-0.4, -0.2) is 55.2 Å². The first-order valence-electron chi connectivity index (χ1n) is 9.48. The molecule has 3 aromatic rings. The lowest BCUT2D eigenvalue weighted by Gasteiger charge is -2.29. The maximum Gasteiger partial charge on any atom is 0.272 e. The van der Waals surface area contributed by atoms with Crippen LogP contribution in [0.2, 0.25) is 5.02 Å². The molecule has 11 heteroatoms. The molecule has 0 aliphatic rings. The summed E-state index contributed by atoms with van der Waals surface area (Å²) in [5.74, 6) is 0. The van der Waals surface area contributed by atoms with Gasteiger partial charge in [-0.05, 0) is 31.2 Å². The number of azo groups is 1. The van der Waals surface area contributed by atoms with Crippen LogP contribution >= 0.6 is 22.9 Å². The second kappa shape index (κ2) is 10.4. The van der Waals surface area contributed by atoms with E-state index in [1.807, 2.05) is 24.3 Å². The number of nitro groups is 1. The number of thiazole rings is 1. The van der Waals surface area contributed by atoms with Crippen molar-refractivity contribution in [3.63, 3.8) is 0 Å². The minimum absolute atomic E-state index is 0. The summed E-state index contributed by atoms with van der Waals surface area (Å²) in [7, 11) is 6.56. The van der Waals surface area contributed by atoms with Crippen molar-refractivity contribution < 1.29 is 26.4 Å². The Morgan fingerprint density at radius 1 is 1.19 bits per heavy atom. The molecule has 1 aromatic heterocycles. The number of rotatable bonds is 8. The van der Waals surface area contributed by atoms with Gasteiger partial charge in [0.2, 0.25) is 5.13 Å². The molecule has 0 spiro atoms. The van der Waals surface area contributed by atoms with Gasteiger partial charge in [-0.15, -0.1) is 10.2 Å². The number of quaternary nitrogens is 1. The van der Waals surface area contributed by atoms with Gasteiger partial charge >= 0.3 is 0 Å². The number of halogens is 2. The molecule has 1 heterocycles. The molecule has 0 aliphatic carbocycles. The first-order chi connectivity index (χ1) is 14.2. The van der Waals surface area contributed by atoms with Crippen LogP contribution in [0, 0.1) is 10.1 Å². The van der Waals surface area contributed by atoms with Crippen molar-refractivity contribution in [1.29, 1.82) is 0 Å². The quantitative estimate of drug-likeness (QED) is 0.195. The average molecular weight is 528 g/mol. The van der Waals surface area contributed by atoms with E-state index in [2.05, 4.69) is 48.2 Å². The Hall–Kier alpha value is -2.14. The predicted octanol–water partition coefficient (Wildman–Crippen LogP) is 2.81. The Morgan fingerprint density at radius 2 is 1.87 bits per heavy atom. The zero-order valence-electron chi connectivity index (χ0n) is 17.7. The maximum atomic E-state index is 11.0. The van der Waals surface area contributed by atoms with Gasteiger partial charge in [0, 0.05) is 24.4 Å². The summed E-state index contributed by atoms with van der Waals surface area (Å²) < 4.78 is 1.52. The van der Waals surface area contributed by atoms with E-state index in [0.29, 0.717) is 21.0 Å². The van der Waals surface area contributed by atoms with Crippen LogP contribution in [0.3, 0.4) is 0 Å². The Labute approximate surface area is 200 Å². The molecule has 3 rings (SSSR count). The molecule has 0 radical (unpaired) electrons. The fraction of sp³-hybridized carbons (Fsp3) is 0.350. The Kier molecular flexibility index (Phi) is 8.47. The monoisotopic (exact) mass is 526 g/mol. The van der Waals surface area contributed by atoms with Gasteiger partial charge in [-0.2, -0.15) is 0 Å². The van der Waals surface area contributed by atoms with Gasteiger partial charge in [0.05, 0.1) is 54.6 Å². The third-order valence-corrected chi connectivity index (χ3v) is 5.70. The number of nitro benzene ring substituents is 1. The molecule has 0 fully saturated rings. The molecule has 0 amide bonds. The van der Waals surface area contributed by atoms with Gasteiger partial charge in [0.1, 0.15) is 5.52 Å². The summed E-state index contributed by atoms with van der Waals surface area (Å²) in [6.07, 6.45) is 0. The maximum absolute atomic E-state index is 11.0. The van der Waals surface area contributed by atoms with E-state index in [1.54, 1.807) is 0 Å². The molecule has 0 N–H and O–H groups in total. The SMILES string of the molecule is CCN(CC[N+](C)(C)C)c1ccc(/N=N/c2nc3c(Cl)cc([N+](=O)[O-])cc3s2)cc1.[Br-]. The highest BCUT2D eigenvalue weighted by Gasteiger charge is 2.15. The van der Waals surface area contributed by atoms with Crippen molar-refractivity contribution >= 4 is 55.3 Å². The van der Waals surface area contributed by atoms with Gasteiger partial charge < -0.3 is 26.4 Å². The molecule has 0 saturated heterocycles. The largest absolute Gasteiger partial charge is 1.00 e. The predicted molar refractivity (Wildman–Crippen MR) is 123 cm³/mol. The van der Waals surface area contributed by atoms with Gasteiger partial charge in [-0.1, -0.05) is 22.9 Å². The third-order valence-electron chi connectivity index (χ3n) is 4.52. The highest BCUT2D eigenvalue weighted by Crippen LogP contribution is 2.36. The molecular formula is C20H24BrClN6O2S. The van der Waals surface area contributed by atoms with Gasteiger partial charge in [0.25, 0.3) is 5.69 Å². The molecule has 31 heavy (non-hydrogen) atoms. The van der Waals surface area contributed by atoms with Crippen LogP contribution < -0.4 is 21.9 Å². The minimum Gasteiger partial charge on any atom is -1.00 e. The number of benzene rings is 2. The average Bonchev–Trinajstić information content (AvgIpc) is 3.10. The van der Waals surface area contributed by atoms with Crippen LogP contribution in [0.1, 0.15) is 6.92 Å². The van der Waals surface area contributed by atoms with Crippen molar-refractivity contribution in [2.24, 2.45) is 10.2 Å². The molecule has 0 aliphatic heterocycles. The van der Waals surface area contributed by atoms with Crippen molar-refractivity contribution in [2.45, 2.75) is 6.92 Å². The summed E-state index contributed by atoms with van der Waals surface area (Å²) in [6.45, 7) is 5.10. The lowest BCUT2D eigenvalue weighted by atomic mass is 10.2. The van der Waals surface area contributed by atoms with Crippen LogP contribution in [0.5, 0.6) is 0 Å². The summed E-state index contributed by atoms with van der Waals surface area (Å²) in [4.78, 5) is 17.2. The van der Waals surface area contributed by atoms with Crippen molar-refractivity contribution in [3.8, 4) is 0 Å². The molecule has 0 atom stereocenters. The topological polar surface area (TPSA) is 84.0 Å². The van der Waals surface area contributed by atoms with Gasteiger partial charge in [0.15, 0.2) is 0 Å². The van der Waals surface area contributed by atoms with E-state index in [-0.39, 0.29) is 27.7 Å². The van der Waals surface area contributed by atoms with Crippen molar-refractivity contribution in [3.05, 3.63) is 51.5 Å². The molecular weight excluding hydrogens is 504 g/mol. The lowest BCUT2D eigenvalue weighted by molar-refractivity contribution is -0.868. The number of likely N-dealkylation sites (N-methyl/N-ethyl adjacent to an activating group) is 2. The molecule has 0 bridgehead atoms. The number of anilines is 1. The first-order valence-corrected chi connectivity index (χ1v) is 10.7. The molecule has 2 aromatic carbocycles. The van der Waals surface area contributed by atoms with Crippen LogP contribution in [0.15, 0.2) is 46.6 Å². The highest BCUT2D eigenvalue weighted by molar-refractivity contribution is 7.22. The van der Waals surface area contributed by atoms with Crippen molar-refractivity contribution in [1.82, 2.24) is 4.98 Å². The van der Waals surface area contributed by atoms with E-state index >= 15 is 0 Å². The standard InChI is InChI=1S/C20H24ClN6O2S.BrH/c1-5-25(10-11-27(2,3)4)15-8-6-14(7-9-15)23-24-20-22-19-17(21)12-16(26(28)29)13-18(19)30-20;/h6-9,12-13H,5,10-11H2,1-4H3;1H/q+1;/p-1/b24-23+;. The van der Waals surface area contributed by atoms with Crippen molar-refractivity contribution in [2.75, 3.05) is 45.7 Å². The van der Waals surface area contributed by atoms with E-state index in [0.717, 1.165) is 29.8 Å². The number of aromatic nitrogens is 1. The summed E-state index contributed by atoms with van der Waals surface area (Å²) in [6, 6.07) is 10.6. The van der Waals surface area contributed by atoms with Crippen LogP contribution in [0.4, 0.5) is 22.2 Å². The molecule has 166 valence electrons. The molecule has 0 saturated carbocycles. The zero-order chi connectivity index (χ0) is 21.9. The van der Waals surface area contributed by atoms with Crippen LogP contribution in [0.25, 0.3) is 10.2 Å². The van der Waals surface area contributed by atoms with E-state index in [4.69, 9.17) is 11.6 Å². The van der Waals surface area contributed by atoms with Gasteiger partial charge in [-0.3, -0.25) is 10.1 Å². The van der Waals surface area contributed by atoms with Crippen LogP contribution in [-0.2, 0) is 0 Å². The van der Waals surface area contributed by atoms with E-state index < -0.39 is 4.92 Å². The zero-order valence-corrected chi connectivity index (χ0v) is 20.9. The van der Waals surface area contributed by atoms with E-state index in [9.17, 15) is 10.1 Å². The lowest BCUT2D eigenvalue weighted by Crippen LogP contribution is -3.00. The number of hydrogen-bond donors (Lipinski definition) is 0. The molecule has 0 unspecified atom stereocenters. The number of hydrogen-bond acceptors (Lipinski definition) is 7. The summed E-state index contributed by atoms with van der Waals surface area (Å²) >= 11 is 7.33. The second-order valence-electron chi connectivity index (χ2n) is 7.84. The van der Waals surface area contributed by atoms with E-state index in [1.165, 1.54) is 23.5 Å².